The first kappa shape index (κ1) is 21.1. The highest BCUT2D eigenvalue weighted by Gasteiger charge is 2.34. The monoisotopic (exact) mass is 410 g/mol. The molecular formula is C21H22F4N2O2. The van der Waals surface area contributed by atoms with E-state index in [4.69, 9.17) is 0 Å². The molecule has 1 saturated heterocycles. The van der Waals surface area contributed by atoms with E-state index in [0.717, 1.165) is 36.4 Å². The zero-order valence-electron chi connectivity index (χ0n) is 15.9. The summed E-state index contributed by atoms with van der Waals surface area (Å²) in [6.45, 7) is 1.18. The van der Waals surface area contributed by atoms with E-state index in [1.165, 1.54) is 6.07 Å². The molecular weight excluding hydrogens is 388 g/mol. The van der Waals surface area contributed by atoms with Gasteiger partial charge in [0.2, 0.25) is 0 Å². The van der Waals surface area contributed by atoms with Gasteiger partial charge >= 0.3 is 12.3 Å². The van der Waals surface area contributed by atoms with Gasteiger partial charge in [0.05, 0.1) is 11.3 Å². The largest absolute Gasteiger partial charge is 0.465 e. The summed E-state index contributed by atoms with van der Waals surface area (Å²) < 4.78 is 53.0. The second-order valence-electron chi connectivity index (χ2n) is 7.21. The Kier molecular flexibility index (Phi) is 6.12. The maximum atomic E-state index is 13.7. The van der Waals surface area contributed by atoms with Crippen LogP contribution >= 0.6 is 0 Å². The quantitative estimate of drug-likeness (QED) is 0.664. The number of rotatable bonds is 5. The molecule has 156 valence electrons. The van der Waals surface area contributed by atoms with Crippen molar-refractivity contribution in [3.05, 3.63) is 53.8 Å². The molecule has 29 heavy (non-hydrogen) atoms. The Morgan fingerprint density at radius 1 is 1.24 bits per heavy atom. The van der Waals surface area contributed by atoms with Crippen LogP contribution in [0.15, 0.2) is 42.5 Å². The van der Waals surface area contributed by atoms with E-state index >= 15 is 0 Å². The lowest BCUT2D eigenvalue weighted by Gasteiger charge is -2.26. The number of halogens is 4. The molecule has 1 fully saturated rings. The highest BCUT2D eigenvalue weighted by molar-refractivity contribution is 5.92. The summed E-state index contributed by atoms with van der Waals surface area (Å²) in [5.74, 6) is -1.36. The van der Waals surface area contributed by atoms with Crippen LogP contribution in [0.3, 0.4) is 0 Å². The second kappa shape index (κ2) is 8.41. The topological polar surface area (TPSA) is 43.8 Å². The molecule has 8 heteroatoms. The number of nitrogens with zero attached hydrogens (tertiary/aromatic N) is 2. The van der Waals surface area contributed by atoms with Gasteiger partial charge in [0.1, 0.15) is 5.82 Å². The molecule has 0 radical (unpaired) electrons. The van der Waals surface area contributed by atoms with Gasteiger partial charge in [-0.05, 0) is 56.6 Å². The van der Waals surface area contributed by atoms with Crippen LogP contribution in [0.1, 0.15) is 24.8 Å². The Hall–Kier alpha value is -2.61. The molecule has 1 aliphatic heterocycles. The molecule has 0 aromatic heterocycles. The third-order valence-electron chi connectivity index (χ3n) is 5.37. The van der Waals surface area contributed by atoms with E-state index in [9.17, 15) is 27.5 Å². The molecule has 2 aromatic rings. The van der Waals surface area contributed by atoms with Gasteiger partial charge < -0.3 is 10.0 Å². The molecule has 2 aromatic carbocycles. The first-order chi connectivity index (χ1) is 13.7. The van der Waals surface area contributed by atoms with Gasteiger partial charge in [-0.25, -0.2) is 9.18 Å². The Morgan fingerprint density at radius 2 is 1.97 bits per heavy atom. The molecule has 0 aliphatic carbocycles. The van der Waals surface area contributed by atoms with Crippen LogP contribution in [0, 0.1) is 5.82 Å². The van der Waals surface area contributed by atoms with Crippen molar-refractivity contribution >= 4 is 11.8 Å². The fraction of sp³-hybridized carbons (Fsp3) is 0.381. The Morgan fingerprint density at radius 3 is 2.59 bits per heavy atom. The minimum absolute atomic E-state index is 0.110. The molecule has 1 aliphatic rings. The zero-order valence-corrected chi connectivity index (χ0v) is 15.9. The number of hydrogen-bond acceptors (Lipinski definition) is 2. The van der Waals surface area contributed by atoms with E-state index in [0.29, 0.717) is 12.0 Å². The van der Waals surface area contributed by atoms with Gasteiger partial charge in [0, 0.05) is 18.2 Å². The summed E-state index contributed by atoms with van der Waals surface area (Å²) in [4.78, 5) is 15.3. The summed E-state index contributed by atoms with van der Waals surface area (Å²) in [7, 11) is 1.99. The lowest BCUT2D eigenvalue weighted by Crippen LogP contribution is -2.35. The van der Waals surface area contributed by atoms with E-state index in [1.54, 1.807) is 24.3 Å². The fourth-order valence-electron chi connectivity index (χ4n) is 3.80. The number of para-hydroxylation sites is 1. The number of alkyl halides is 3. The average molecular weight is 410 g/mol. The molecule has 0 bridgehead atoms. The van der Waals surface area contributed by atoms with Crippen LogP contribution in [-0.4, -0.2) is 42.3 Å². The van der Waals surface area contributed by atoms with Crippen LogP contribution in [-0.2, 0) is 6.18 Å². The maximum absolute atomic E-state index is 13.7. The molecule has 0 spiro atoms. The van der Waals surface area contributed by atoms with E-state index in [1.807, 2.05) is 7.05 Å². The molecule has 1 unspecified atom stereocenters. The molecule has 1 heterocycles. The first-order valence-electron chi connectivity index (χ1n) is 9.35. The number of benzene rings is 2. The van der Waals surface area contributed by atoms with Crippen molar-refractivity contribution in [3.63, 3.8) is 0 Å². The Bertz CT molecular complexity index is 885. The first-order valence-corrected chi connectivity index (χ1v) is 9.35. The molecule has 4 nitrogen and oxygen atoms in total. The normalized spacial score (nSPS) is 17.5. The van der Waals surface area contributed by atoms with Crippen molar-refractivity contribution in [1.29, 1.82) is 0 Å². The van der Waals surface area contributed by atoms with Gasteiger partial charge in [-0.1, -0.05) is 24.3 Å². The number of amides is 1. The molecule has 0 saturated carbocycles. The van der Waals surface area contributed by atoms with Crippen molar-refractivity contribution in [1.82, 2.24) is 4.90 Å². The summed E-state index contributed by atoms with van der Waals surface area (Å²) >= 11 is 0. The smallest absolute Gasteiger partial charge is 0.419 e. The van der Waals surface area contributed by atoms with Crippen LogP contribution < -0.4 is 4.90 Å². The second-order valence-corrected chi connectivity index (χ2v) is 7.21. The Labute approximate surface area is 166 Å². The SMILES string of the molecule is CN1CCCC1CCN(C(=O)O)c1ccccc1-c1ccc(F)c(C(F)(F)F)c1. The highest BCUT2D eigenvalue weighted by atomic mass is 19.4. The minimum Gasteiger partial charge on any atom is -0.465 e. The van der Waals surface area contributed by atoms with Gasteiger partial charge in [0.15, 0.2) is 0 Å². The summed E-state index contributed by atoms with van der Waals surface area (Å²) in [5.41, 5.74) is -0.682. The van der Waals surface area contributed by atoms with Gasteiger partial charge in [-0.3, -0.25) is 4.90 Å². The van der Waals surface area contributed by atoms with Gasteiger partial charge in [0.25, 0.3) is 0 Å². The number of likely N-dealkylation sites (tertiary alicyclic amines) is 1. The van der Waals surface area contributed by atoms with Crippen LogP contribution in [0.4, 0.5) is 28.0 Å². The molecule has 3 rings (SSSR count). The molecule has 1 atom stereocenters. The van der Waals surface area contributed by atoms with Gasteiger partial charge in [-0.15, -0.1) is 0 Å². The molecule has 1 N–H and O–H groups in total. The van der Waals surface area contributed by atoms with Crippen molar-refractivity contribution < 1.29 is 27.5 Å². The van der Waals surface area contributed by atoms with E-state index in [2.05, 4.69) is 4.90 Å². The van der Waals surface area contributed by atoms with Crippen LogP contribution in [0.25, 0.3) is 11.1 Å². The minimum atomic E-state index is -4.84. The number of anilines is 1. The third kappa shape index (κ3) is 4.70. The molecule has 1 amide bonds. The summed E-state index contributed by atoms with van der Waals surface area (Å²) in [5, 5.41) is 9.74. The van der Waals surface area contributed by atoms with E-state index < -0.39 is 23.7 Å². The zero-order chi connectivity index (χ0) is 21.2. The summed E-state index contributed by atoms with van der Waals surface area (Å²) in [6, 6.07) is 9.32. The number of carboxylic acid groups (broad SMARTS) is 1. The number of hydrogen-bond donors (Lipinski definition) is 1. The van der Waals surface area contributed by atoms with Gasteiger partial charge in [-0.2, -0.15) is 13.2 Å². The standard InChI is InChI=1S/C21H22F4N2O2/c1-26-11-4-5-15(26)10-12-27(20(28)29)19-7-3-2-6-16(19)14-8-9-18(22)17(13-14)21(23,24)25/h2-3,6-9,13,15H,4-5,10-12H2,1H3,(H,28,29). The Balaban J connectivity index is 1.95. The fourth-order valence-corrected chi connectivity index (χ4v) is 3.80. The maximum Gasteiger partial charge on any atom is 0.419 e. The van der Waals surface area contributed by atoms with Crippen LogP contribution in [0.5, 0.6) is 0 Å². The highest BCUT2D eigenvalue weighted by Crippen LogP contribution is 2.37. The lowest BCUT2D eigenvalue weighted by atomic mass is 10.00. The lowest BCUT2D eigenvalue weighted by molar-refractivity contribution is -0.139. The van der Waals surface area contributed by atoms with Crippen molar-refractivity contribution in [2.45, 2.75) is 31.5 Å². The summed E-state index contributed by atoms with van der Waals surface area (Å²) in [6.07, 6.45) is -3.36. The third-order valence-corrected chi connectivity index (χ3v) is 5.37. The van der Waals surface area contributed by atoms with Crippen molar-refractivity contribution in [3.8, 4) is 11.1 Å². The van der Waals surface area contributed by atoms with Crippen molar-refractivity contribution in [2.75, 3.05) is 25.0 Å². The predicted molar refractivity (Wildman–Crippen MR) is 102 cm³/mol. The predicted octanol–water partition coefficient (Wildman–Crippen LogP) is 5.48. The average Bonchev–Trinajstić information content (AvgIpc) is 3.06. The number of carbonyl (C=O) groups is 1. The van der Waals surface area contributed by atoms with Crippen LogP contribution in [0.2, 0.25) is 0 Å². The van der Waals surface area contributed by atoms with Crippen molar-refractivity contribution in [2.24, 2.45) is 0 Å². The van der Waals surface area contributed by atoms with E-state index in [-0.39, 0.29) is 23.8 Å².